The van der Waals surface area contributed by atoms with E-state index in [0.29, 0.717) is 12.2 Å². The van der Waals surface area contributed by atoms with E-state index in [0.717, 1.165) is 12.0 Å². The van der Waals surface area contributed by atoms with Crippen molar-refractivity contribution in [1.82, 2.24) is 5.32 Å². The zero-order chi connectivity index (χ0) is 22.2. The van der Waals surface area contributed by atoms with Crippen LogP contribution in [-0.2, 0) is 23.9 Å². The van der Waals surface area contributed by atoms with Gasteiger partial charge in [0.2, 0.25) is 11.7 Å². The fourth-order valence-corrected chi connectivity index (χ4v) is 3.23. The van der Waals surface area contributed by atoms with E-state index in [2.05, 4.69) is 10.6 Å². The van der Waals surface area contributed by atoms with Gasteiger partial charge in [0, 0.05) is 18.2 Å². The zero-order valence-electron chi connectivity index (χ0n) is 17.6. The first-order valence-corrected chi connectivity index (χ1v) is 10.3. The monoisotopic (exact) mass is 422 g/mol. The van der Waals surface area contributed by atoms with Crippen LogP contribution >= 0.6 is 0 Å². The molecule has 2 aromatic rings. The van der Waals surface area contributed by atoms with E-state index in [4.69, 9.17) is 9.47 Å². The van der Waals surface area contributed by atoms with Crippen LogP contribution in [0.3, 0.4) is 0 Å². The first-order chi connectivity index (χ1) is 15.0. The average molecular weight is 422 g/mol. The molecule has 0 radical (unpaired) electrons. The number of ketones is 1. The summed E-state index contributed by atoms with van der Waals surface area (Å²) in [4.78, 5) is 37.2. The lowest BCUT2D eigenvalue weighted by atomic mass is 9.96. The highest BCUT2D eigenvalue weighted by atomic mass is 16.6. The average Bonchev–Trinajstić information content (AvgIpc) is 3.15. The minimum absolute atomic E-state index is 0.0314. The van der Waals surface area contributed by atoms with Gasteiger partial charge in [-0.3, -0.25) is 9.59 Å². The number of nitrogens with one attached hydrogen (secondary N) is 2. The lowest BCUT2D eigenvalue weighted by molar-refractivity contribution is -0.151. The molecule has 3 rings (SSSR count). The smallest absolute Gasteiger partial charge is 0.348 e. The fraction of sp³-hybridized carbons (Fsp3) is 0.292. The van der Waals surface area contributed by atoms with Crippen molar-refractivity contribution in [2.75, 3.05) is 18.5 Å². The van der Waals surface area contributed by atoms with E-state index in [-0.39, 0.29) is 24.0 Å². The second kappa shape index (κ2) is 10.4. The number of anilines is 1. The minimum Gasteiger partial charge on any atom is -0.470 e. The normalized spacial score (nSPS) is 15.1. The standard InChI is InChI=1S/C24H26N2O5/c1-3-17(18-10-6-4-7-11-18)14-25-22(28)16(2)31-24(29)21-20(27)15-30-23(21)26-19-12-8-5-9-13-19/h4-13,16-17,26H,3,14-15H2,1-2H3,(H,25,28)/t16-,17+/m1/s1. The number of carbonyl (C=O) groups is 3. The van der Waals surface area contributed by atoms with E-state index in [9.17, 15) is 14.4 Å². The summed E-state index contributed by atoms with van der Waals surface area (Å²) in [7, 11) is 0. The van der Waals surface area contributed by atoms with Crippen molar-refractivity contribution in [1.29, 1.82) is 0 Å². The van der Waals surface area contributed by atoms with Gasteiger partial charge < -0.3 is 20.1 Å². The number of amides is 1. The molecule has 0 unspecified atom stereocenters. The van der Waals surface area contributed by atoms with E-state index in [1.54, 1.807) is 12.1 Å². The van der Waals surface area contributed by atoms with Gasteiger partial charge in [0.15, 0.2) is 18.3 Å². The maximum Gasteiger partial charge on any atom is 0.348 e. The van der Waals surface area contributed by atoms with Gasteiger partial charge in [-0.25, -0.2) is 4.79 Å². The highest BCUT2D eigenvalue weighted by Crippen LogP contribution is 2.21. The Morgan fingerprint density at radius 2 is 1.71 bits per heavy atom. The molecule has 1 aliphatic rings. The lowest BCUT2D eigenvalue weighted by Crippen LogP contribution is -2.38. The largest absolute Gasteiger partial charge is 0.470 e. The van der Waals surface area contributed by atoms with Crippen LogP contribution in [-0.4, -0.2) is 36.9 Å². The number of carbonyl (C=O) groups excluding carboxylic acids is 3. The maximum absolute atomic E-state index is 12.6. The second-order valence-electron chi connectivity index (χ2n) is 7.22. The van der Waals surface area contributed by atoms with Gasteiger partial charge in [0.25, 0.3) is 5.91 Å². The number of rotatable bonds is 9. The molecule has 162 valence electrons. The predicted octanol–water partition coefficient (Wildman–Crippen LogP) is 3.15. The van der Waals surface area contributed by atoms with E-state index >= 15 is 0 Å². The third-order valence-electron chi connectivity index (χ3n) is 5.03. The number of hydrogen-bond donors (Lipinski definition) is 2. The van der Waals surface area contributed by atoms with Crippen LogP contribution < -0.4 is 10.6 Å². The molecule has 1 aliphatic heterocycles. The Morgan fingerprint density at radius 1 is 1.06 bits per heavy atom. The van der Waals surface area contributed by atoms with Crippen molar-refractivity contribution in [3.8, 4) is 0 Å². The Balaban J connectivity index is 1.60. The Hall–Kier alpha value is -3.61. The van der Waals surface area contributed by atoms with Gasteiger partial charge >= 0.3 is 5.97 Å². The SMILES string of the molecule is CC[C@@H](CNC(=O)[C@@H](C)OC(=O)C1=C(Nc2ccccc2)OCC1=O)c1ccccc1. The topological polar surface area (TPSA) is 93.7 Å². The molecule has 0 saturated heterocycles. The van der Waals surface area contributed by atoms with E-state index < -0.39 is 23.8 Å². The number of Topliss-reactive ketones (excluding diaryl/α,β-unsaturated/α-hetero) is 1. The molecular formula is C24H26N2O5. The summed E-state index contributed by atoms with van der Waals surface area (Å²) in [6.07, 6.45) is -0.203. The number of ether oxygens (including phenoxy) is 2. The summed E-state index contributed by atoms with van der Waals surface area (Å²) >= 11 is 0. The lowest BCUT2D eigenvalue weighted by Gasteiger charge is -2.18. The Kier molecular flexibility index (Phi) is 7.43. The van der Waals surface area contributed by atoms with E-state index in [1.165, 1.54) is 6.92 Å². The second-order valence-corrected chi connectivity index (χ2v) is 7.22. The Morgan fingerprint density at radius 3 is 2.35 bits per heavy atom. The van der Waals surface area contributed by atoms with Crippen LogP contribution in [0.4, 0.5) is 5.69 Å². The van der Waals surface area contributed by atoms with Gasteiger partial charge in [-0.05, 0) is 31.0 Å². The van der Waals surface area contributed by atoms with Gasteiger partial charge in [-0.1, -0.05) is 55.5 Å². The van der Waals surface area contributed by atoms with Crippen LogP contribution in [0.2, 0.25) is 0 Å². The summed E-state index contributed by atoms with van der Waals surface area (Å²) in [5.74, 6) is -1.62. The van der Waals surface area contributed by atoms with Crippen LogP contribution in [0.25, 0.3) is 0 Å². The molecule has 0 saturated carbocycles. The molecule has 0 aliphatic carbocycles. The molecule has 0 aromatic heterocycles. The molecule has 1 amide bonds. The first kappa shape index (κ1) is 22.1. The molecule has 0 bridgehead atoms. The van der Waals surface area contributed by atoms with Crippen LogP contribution in [0, 0.1) is 0 Å². The predicted molar refractivity (Wildman–Crippen MR) is 116 cm³/mol. The zero-order valence-corrected chi connectivity index (χ0v) is 17.6. The molecule has 2 N–H and O–H groups in total. The van der Waals surface area contributed by atoms with Gasteiger partial charge in [-0.15, -0.1) is 0 Å². The molecular weight excluding hydrogens is 396 g/mol. The molecule has 0 spiro atoms. The van der Waals surface area contributed by atoms with Crippen molar-refractivity contribution >= 4 is 23.3 Å². The number of esters is 1. The third-order valence-corrected chi connectivity index (χ3v) is 5.03. The fourth-order valence-electron chi connectivity index (χ4n) is 3.23. The third kappa shape index (κ3) is 5.72. The molecule has 2 atom stereocenters. The van der Waals surface area contributed by atoms with Crippen LogP contribution in [0.1, 0.15) is 31.7 Å². The van der Waals surface area contributed by atoms with Crippen LogP contribution in [0.15, 0.2) is 72.1 Å². The maximum atomic E-state index is 12.6. The van der Waals surface area contributed by atoms with Crippen molar-refractivity contribution < 1.29 is 23.9 Å². The summed E-state index contributed by atoms with van der Waals surface area (Å²) in [5.41, 5.74) is 1.57. The van der Waals surface area contributed by atoms with Gasteiger partial charge in [0.05, 0.1) is 0 Å². The van der Waals surface area contributed by atoms with Crippen molar-refractivity contribution in [3.63, 3.8) is 0 Å². The highest BCUT2D eigenvalue weighted by molar-refractivity contribution is 6.20. The number of benzene rings is 2. The molecule has 1 heterocycles. The number of para-hydroxylation sites is 1. The summed E-state index contributed by atoms with van der Waals surface area (Å²) in [5, 5.41) is 5.73. The summed E-state index contributed by atoms with van der Waals surface area (Å²) in [6, 6.07) is 18.9. The molecule has 2 aromatic carbocycles. The molecule has 7 heteroatoms. The number of hydrogen-bond acceptors (Lipinski definition) is 6. The quantitative estimate of drug-likeness (QED) is 0.476. The Labute approximate surface area is 181 Å². The van der Waals surface area contributed by atoms with Gasteiger partial charge in [-0.2, -0.15) is 0 Å². The van der Waals surface area contributed by atoms with E-state index in [1.807, 2.05) is 55.5 Å². The van der Waals surface area contributed by atoms with Crippen molar-refractivity contribution in [3.05, 3.63) is 77.7 Å². The van der Waals surface area contributed by atoms with Crippen molar-refractivity contribution in [2.24, 2.45) is 0 Å². The molecule has 0 fully saturated rings. The van der Waals surface area contributed by atoms with Crippen molar-refractivity contribution in [2.45, 2.75) is 32.3 Å². The first-order valence-electron chi connectivity index (χ1n) is 10.3. The minimum atomic E-state index is -1.06. The summed E-state index contributed by atoms with van der Waals surface area (Å²) < 4.78 is 10.6. The van der Waals surface area contributed by atoms with Gasteiger partial charge in [0.1, 0.15) is 0 Å². The molecule has 31 heavy (non-hydrogen) atoms. The van der Waals surface area contributed by atoms with Crippen LogP contribution in [0.5, 0.6) is 0 Å². The molecule has 7 nitrogen and oxygen atoms in total. The highest BCUT2D eigenvalue weighted by Gasteiger charge is 2.34. The summed E-state index contributed by atoms with van der Waals surface area (Å²) in [6.45, 7) is 3.69. The Bertz CT molecular complexity index is 956.